The number of benzene rings is 2. The maximum absolute atomic E-state index is 12.7. The first-order valence-corrected chi connectivity index (χ1v) is 8.26. The van der Waals surface area contributed by atoms with Gasteiger partial charge in [0.2, 0.25) is 0 Å². The molecule has 0 aliphatic carbocycles. The Morgan fingerprint density at radius 2 is 2.00 bits per heavy atom. The van der Waals surface area contributed by atoms with Crippen molar-refractivity contribution < 1.29 is 14.3 Å². The van der Waals surface area contributed by atoms with E-state index in [1.165, 1.54) is 6.33 Å². The molecule has 1 aliphatic heterocycles. The van der Waals surface area contributed by atoms with Crippen LogP contribution in [0.15, 0.2) is 42.7 Å². The van der Waals surface area contributed by atoms with E-state index in [1.807, 2.05) is 25.1 Å². The van der Waals surface area contributed by atoms with Gasteiger partial charge in [-0.25, -0.2) is 4.68 Å². The summed E-state index contributed by atoms with van der Waals surface area (Å²) in [6.45, 7) is 3.09. The number of aromatic nitrogens is 4. The average Bonchev–Trinajstić information content (AvgIpc) is 3.08. The van der Waals surface area contributed by atoms with Gasteiger partial charge in [-0.3, -0.25) is 4.79 Å². The molecular formula is C18H17N5O3. The van der Waals surface area contributed by atoms with Gasteiger partial charge in [0.25, 0.3) is 5.91 Å². The predicted octanol–water partition coefficient (Wildman–Crippen LogP) is 2.38. The van der Waals surface area contributed by atoms with Gasteiger partial charge in [0.15, 0.2) is 11.5 Å². The van der Waals surface area contributed by atoms with Gasteiger partial charge in [-0.05, 0) is 53.2 Å². The quantitative estimate of drug-likeness (QED) is 0.779. The van der Waals surface area contributed by atoms with Gasteiger partial charge in [0.1, 0.15) is 6.33 Å². The van der Waals surface area contributed by atoms with Crippen LogP contribution < -0.4 is 14.8 Å². The summed E-state index contributed by atoms with van der Waals surface area (Å²) in [5, 5.41) is 14.1. The van der Waals surface area contributed by atoms with E-state index >= 15 is 0 Å². The number of fused-ring (bicyclic) bond motifs is 1. The molecule has 1 aliphatic rings. The van der Waals surface area contributed by atoms with Crippen LogP contribution in [-0.2, 0) is 0 Å². The largest absolute Gasteiger partial charge is 0.490 e. The SMILES string of the molecule is Cc1c(NC(=O)c2ccc3c(c2)OCCCO3)cccc1-n1cnnn1. The second-order valence-electron chi connectivity index (χ2n) is 5.87. The monoisotopic (exact) mass is 351 g/mol. The molecule has 132 valence electrons. The predicted molar refractivity (Wildman–Crippen MR) is 93.9 cm³/mol. The van der Waals surface area contributed by atoms with Crippen LogP contribution in [-0.4, -0.2) is 39.3 Å². The summed E-state index contributed by atoms with van der Waals surface area (Å²) >= 11 is 0. The highest BCUT2D eigenvalue weighted by Gasteiger charge is 2.15. The van der Waals surface area contributed by atoms with Crippen molar-refractivity contribution in [2.75, 3.05) is 18.5 Å². The van der Waals surface area contributed by atoms with E-state index in [9.17, 15) is 4.79 Å². The van der Waals surface area contributed by atoms with Crippen molar-refractivity contribution in [2.45, 2.75) is 13.3 Å². The topological polar surface area (TPSA) is 91.2 Å². The number of anilines is 1. The molecule has 0 saturated heterocycles. The number of rotatable bonds is 3. The molecule has 0 saturated carbocycles. The van der Waals surface area contributed by atoms with E-state index in [1.54, 1.807) is 22.9 Å². The molecule has 8 heteroatoms. The fourth-order valence-electron chi connectivity index (χ4n) is 2.78. The van der Waals surface area contributed by atoms with Crippen molar-refractivity contribution in [3.63, 3.8) is 0 Å². The van der Waals surface area contributed by atoms with Crippen LogP contribution >= 0.6 is 0 Å². The van der Waals surface area contributed by atoms with Crippen LogP contribution in [0.2, 0.25) is 0 Å². The minimum absolute atomic E-state index is 0.224. The highest BCUT2D eigenvalue weighted by atomic mass is 16.5. The highest BCUT2D eigenvalue weighted by Crippen LogP contribution is 2.31. The van der Waals surface area contributed by atoms with E-state index < -0.39 is 0 Å². The lowest BCUT2D eigenvalue weighted by Crippen LogP contribution is -2.14. The molecule has 8 nitrogen and oxygen atoms in total. The Morgan fingerprint density at radius 3 is 2.81 bits per heavy atom. The molecule has 0 spiro atoms. The third kappa shape index (κ3) is 3.08. The fourth-order valence-corrected chi connectivity index (χ4v) is 2.78. The Morgan fingerprint density at radius 1 is 1.15 bits per heavy atom. The molecule has 0 unspecified atom stereocenters. The molecule has 0 bridgehead atoms. The molecule has 3 aromatic rings. The Kier molecular flexibility index (Phi) is 4.22. The summed E-state index contributed by atoms with van der Waals surface area (Å²) in [4.78, 5) is 12.7. The third-order valence-electron chi connectivity index (χ3n) is 4.16. The average molecular weight is 351 g/mol. The van der Waals surface area contributed by atoms with E-state index in [-0.39, 0.29) is 5.91 Å². The molecule has 0 radical (unpaired) electrons. The zero-order valence-electron chi connectivity index (χ0n) is 14.2. The summed E-state index contributed by atoms with van der Waals surface area (Å²) in [7, 11) is 0. The third-order valence-corrected chi connectivity index (χ3v) is 4.16. The van der Waals surface area contributed by atoms with Crippen LogP contribution in [0, 0.1) is 6.92 Å². The Labute approximate surface area is 149 Å². The first kappa shape index (κ1) is 16.1. The molecule has 26 heavy (non-hydrogen) atoms. The highest BCUT2D eigenvalue weighted by molar-refractivity contribution is 6.05. The van der Waals surface area contributed by atoms with Gasteiger partial charge in [-0.1, -0.05) is 6.07 Å². The van der Waals surface area contributed by atoms with Crippen LogP contribution in [0.4, 0.5) is 5.69 Å². The summed E-state index contributed by atoms with van der Waals surface area (Å²) in [6, 6.07) is 10.8. The number of carbonyl (C=O) groups excluding carboxylic acids is 1. The molecule has 1 N–H and O–H groups in total. The molecule has 2 heterocycles. The van der Waals surface area contributed by atoms with Gasteiger partial charge in [0.05, 0.1) is 18.9 Å². The summed E-state index contributed by atoms with van der Waals surface area (Å²) in [6.07, 6.45) is 2.33. The van der Waals surface area contributed by atoms with E-state index in [4.69, 9.17) is 9.47 Å². The smallest absolute Gasteiger partial charge is 0.255 e. The lowest BCUT2D eigenvalue weighted by molar-refractivity contribution is 0.102. The zero-order valence-corrected chi connectivity index (χ0v) is 14.2. The lowest BCUT2D eigenvalue weighted by atomic mass is 10.1. The van der Waals surface area contributed by atoms with Crippen molar-refractivity contribution >= 4 is 11.6 Å². The van der Waals surface area contributed by atoms with E-state index in [2.05, 4.69) is 20.8 Å². The summed E-state index contributed by atoms with van der Waals surface area (Å²) in [5.74, 6) is 1.03. The van der Waals surface area contributed by atoms with Crippen LogP contribution in [0.1, 0.15) is 22.3 Å². The second-order valence-corrected chi connectivity index (χ2v) is 5.87. The number of hydrogen-bond acceptors (Lipinski definition) is 6. The number of carbonyl (C=O) groups is 1. The molecule has 2 aromatic carbocycles. The van der Waals surface area contributed by atoms with Gasteiger partial charge in [-0.15, -0.1) is 5.10 Å². The minimum atomic E-state index is -0.224. The van der Waals surface area contributed by atoms with E-state index in [0.717, 1.165) is 17.7 Å². The number of tetrazole rings is 1. The van der Waals surface area contributed by atoms with Crippen LogP contribution in [0.3, 0.4) is 0 Å². The van der Waals surface area contributed by atoms with E-state index in [0.29, 0.717) is 36.0 Å². The molecular weight excluding hydrogens is 334 g/mol. The number of nitrogens with one attached hydrogen (secondary N) is 1. The van der Waals surface area contributed by atoms with Gasteiger partial charge in [0, 0.05) is 17.7 Å². The van der Waals surface area contributed by atoms with Gasteiger partial charge < -0.3 is 14.8 Å². The van der Waals surface area contributed by atoms with Crippen molar-refractivity contribution in [3.05, 3.63) is 53.9 Å². The Bertz CT molecular complexity index is 940. The number of ether oxygens (including phenoxy) is 2. The summed E-state index contributed by atoms with van der Waals surface area (Å²) in [5.41, 5.74) is 2.85. The number of hydrogen-bond donors (Lipinski definition) is 1. The molecule has 1 aromatic heterocycles. The molecule has 0 atom stereocenters. The second kappa shape index (κ2) is 6.83. The maximum atomic E-state index is 12.7. The van der Waals surface area contributed by atoms with Crippen molar-refractivity contribution in [2.24, 2.45) is 0 Å². The zero-order chi connectivity index (χ0) is 17.9. The van der Waals surface area contributed by atoms with Gasteiger partial charge >= 0.3 is 0 Å². The first-order chi connectivity index (χ1) is 12.7. The minimum Gasteiger partial charge on any atom is -0.490 e. The first-order valence-electron chi connectivity index (χ1n) is 8.26. The molecule has 1 amide bonds. The van der Waals surface area contributed by atoms with Gasteiger partial charge in [-0.2, -0.15) is 0 Å². The Balaban J connectivity index is 1.59. The van der Waals surface area contributed by atoms with Crippen LogP contribution in [0.5, 0.6) is 11.5 Å². The summed E-state index contributed by atoms with van der Waals surface area (Å²) < 4.78 is 12.8. The number of nitrogens with zero attached hydrogens (tertiary/aromatic N) is 4. The maximum Gasteiger partial charge on any atom is 0.255 e. The fraction of sp³-hybridized carbons (Fsp3) is 0.222. The standard InChI is InChI=1S/C18H17N5O3/c1-12-14(4-2-5-15(12)23-11-19-21-22-23)20-18(24)13-6-7-16-17(10-13)26-9-3-8-25-16/h2,4-7,10-11H,3,8-9H2,1H3,(H,20,24). The van der Waals surface area contributed by atoms with Crippen molar-refractivity contribution in [1.29, 1.82) is 0 Å². The van der Waals surface area contributed by atoms with Crippen molar-refractivity contribution in [1.82, 2.24) is 20.2 Å². The van der Waals surface area contributed by atoms with Crippen LogP contribution in [0.25, 0.3) is 5.69 Å². The normalized spacial score (nSPS) is 13.1. The molecule has 4 rings (SSSR count). The van der Waals surface area contributed by atoms with Crippen molar-refractivity contribution in [3.8, 4) is 17.2 Å². The molecule has 0 fully saturated rings. The lowest BCUT2D eigenvalue weighted by Gasteiger charge is -2.13. The Hall–Kier alpha value is -3.42. The number of amides is 1.